The molecule has 2 heterocycles. The molecule has 31 heavy (non-hydrogen) atoms. The van der Waals surface area contributed by atoms with Crippen LogP contribution in [0.4, 0.5) is 13.8 Å². The van der Waals surface area contributed by atoms with Crippen molar-refractivity contribution in [3.05, 3.63) is 69.6 Å². The fourth-order valence-electron chi connectivity index (χ4n) is 3.22. The number of amides is 1. The monoisotopic (exact) mass is 459 g/mol. The first kappa shape index (κ1) is 21.1. The fourth-order valence-corrected chi connectivity index (χ4v) is 5.03. The number of aryl methyl sites for hydroxylation is 1. The maximum absolute atomic E-state index is 14.4. The molecule has 9 heteroatoms. The maximum atomic E-state index is 14.4. The van der Waals surface area contributed by atoms with E-state index in [9.17, 15) is 28.6 Å². The maximum Gasteiger partial charge on any atom is 0.339 e. The zero-order valence-corrected chi connectivity index (χ0v) is 17.7. The molecule has 0 saturated carbocycles. The topological polar surface area (TPSA) is 86.6 Å². The Hall–Kier alpha value is -3.17. The van der Waals surface area contributed by atoms with Gasteiger partial charge in [0.05, 0.1) is 5.56 Å². The van der Waals surface area contributed by atoms with Crippen LogP contribution in [0.2, 0.25) is 0 Å². The summed E-state index contributed by atoms with van der Waals surface area (Å²) < 4.78 is 28.5. The number of carboxylic acids is 1. The standard InChI is InChI=1S/C22H15F2NO4S2/c1-10-4-5-12(19(24)18(10)23)14-9-31-21(17(14)22(28)29)25-20(27)13-7-11-3-2-6-30-16(11)8-15(13)26/h2-5,7-9,26H,6H2,1H3,(H,25,27)(H,28,29). The van der Waals surface area contributed by atoms with Gasteiger partial charge in [-0.15, -0.1) is 23.1 Å². The number of hydrogen-bond acceptors (Lipinski definition) is 5. The number of carboxylic acid groups (broad SMARTS) is 1. The van der Waals surface area contributed by atoms with Gasteiger partial charge < -0.3 is 15.5 Å². The molecule has 1 amide bonds. The molecule has 0 saturated heterocycles. The van der Waals surface area contributed by atoms with Crippen molar-refractivity contribution >= 4 is 46.1 Å². The normalized spacial score (nSPS) is 12.5. The molecule has 158 valence electrons. The van der Waals surface area contributed by atoms with Crippen LogP contribution < -0.4 is 5.32 Å². The number of phenols is 1. The molecule has 3 aromatic rings. The zero-order chi connectivity index (χ0) is 22.3. The van der Waals surface area contributed by atoms with E-state index in [-0.39, 0.29) is 38.6 Å². The van der Waals surface area contributed by atoms with Crippen molar-refractivity contribution in [3.8, 4) is 16.9 Å². The number of thioether (sulfide) groups is 1. The zero-order valence-electron chi connectivity index (χ0n) is 16.0. The highest BCUT2D eigenvalue weighted by Gasteiger charge is 2.25. The molecule has 0 fully saturated rings. The molecule has 0 radical (unpaired) electrons. The number of thiophene rings is 1. The third kappa shape index (κ3) is 3.82. The van der Waals surface area contributed by atoms with Crippen LogP contribution in [0.15, 0.2) is 40.6 Å². The highest BCUT2D eigenvalue weighted by Crippen LogP contribution is 2.39. The molecule has 0 aliphatic carbocycles. The summed E-state index contributed by atoms with van der Waals surface area (Å²) in [7, 11) is 0. The van der Waals surface area contributed by atoms with E-state index in [1.165, 1.54) is 48.3 Å². The van der Waals surface area contributed by atoms with E-state index in [0.29, 0.717) is 0 Å². The van der Waals surface area contributed by atoms with Crippen molar-refractivity contribution < 1.29 is 28.6 Å². The largest absolute Gasteiger partial charge is 0.507 e. The Kier molecular flexibility index (Phi) is 5.55. The lowest BCUT2D eigenvalue weighted by Crippen LogP contribution is -2.14. The van der Waals surface area contributed by atoms with E-state index < -0.39 is 23.5 Å². The lowest BCUT2D eigenvalue weighted by atomic mass is 10.0. The van der Waals surface area contributed by atoms with Crippen molar-refractivity contribution in [3.63, 3.8) is 0 Å². The van der Waals surface area contributed by atoms with Gasteiger partial charge in [-0.1, -0.05) is 24.3 Å². The SMILES string of the molecule is Cc1ccc(-c2csc(NC(=O)c3cc4c(cc3O)SCC=C4)c2C(=O)O)c(F)c1F. The minimum Gasteiger partial charge on any atom is -0.507 e. The van der Waals surface area contributed by atoms with Crippen molar-refractivity contribution in [2.24, 2.45) is 0 Å². The second-order valence-electron chi connectivity index (χ2n) is 6.79. The van der Waals surface area contributed by atoms with Crippen molar-refractivity contribution in [2.45, 2.75) is 11.8 Å². The van der Waals surface area contributed by atoms with Crippen LogP contribution in [0, 0.1) is 18.6 Å². The van der Waals surface area contributed by atoms with Crippen LogP contribution in [0.3, 0.4) is 0 Å². The Morgan fingerprint density at radius 1 is 1.13 bits per heavy atom. The minimum atomic E-state index is -1.40. The smallest absolute Gasteiger partial charge is 0.339 e. The number of aromatic carboxylic acids is 1. The molecule has 0 spiro atoms. The Bertz CT molecular complexity index is 1270. The van der Waals surface area contributed by atoms with Gasteiger partial charge in [0.2, 0.25) is 0 Å². The average molecular weight is 459 g/mol. The molecule has 3 N–H and O–H groups in total. The van der Waals surface area contributed by atoms with E-state index in [1.807, 2.05) is 12.2 Å². The second-order valence-corrected chi connectivity index (χ2v) is 8.73. The molecule has 5 nitrogen and oxygen atoms in total. The molecule has 0 bridgehead atoms. The number of carbonyl (C=O) groups is 2. The van der Waals surface area contributed by atoms with Gasteiger partial charge >= 0.3 is 5.97 Å². The third-order valence-electron chi connectivity index (χ3n) is 4.80. The molecular formula is C22H15F2NO4S2. The lowest BCUT2D eigenvalue weighted by molar-refractivity contribution is 0.0699. The number of benzene rings is 2. The third-order valence-corrected chi connectivity index (χ3v) is 6.72. The summed E-state index contributed by atoms with van der Waals surface area (Å²) in [6, 6.07) is 5.66. The Balaban J connectivity index is 1.72. The molecule has 1 aliphatic rings. The van der Waals surface area contributed by atoms with Crippen LogP contribution in [-0.4, -0.2) is 27.8 Å². The van der Waals surface area contributed by atoms with Gasteiger partial charge in [0, 0.05) is 27.2 Å². The average Bonchev–Trinajstić information content (AvgIpc) is 3.15. The number of carbonyl (C=O) groups excluding carboxylic acids is 1. The van der Waals surface area contributed by atoms with Crippen LogP contribution in [0.25, 0.3) is 17.2 Å². The summed E-state index contributed by atoms with van der Waals surface area (Å²) in [4.78, 5) is 25.5. The summed E-state index contributed by atoms with van der Waals surface area (Å²) in [6.45, 7) is 1.40. The summed E-state index contributed by atoms with van der Waals surface area (Å²) in [6.07, 6.45) is 3.76. The molecule has 4 rings (SSSR count). The number of aromatic hydroxyl groups is 1. The number of rotatable bonds is 4. The van der Waals surface area contributed by atoms with Crippen LogP contribution in [0.5, 0.6) is 5.75 Å². The second kappa shape index (κ2) is 8.16. The van der Waals surface area contributed by atoms with Crippen molar-refractivity contribution in [1.29, 1.82) is 0 Å². The van der Waals surface area contributed by atoms with E-state index >= 15 is 0 Å². The van der Waals surface area contributed by atoms with E-state index in [2.05, 4.69) is 5.32 Å². The van der Waals surface area contributed by atoms with Gasteiger partial charge in [0.15, 0.2) is 11.6 Å². The van der Waals surface area contributed by atoms with E-state index in [0.717, 1.165) is 27.5 Å². The molecular weight excluding hydrogens is 444 g/mol. The highest BCUT2D eigenvalue weighted by molar-refractivity contribution is 7.99. The number of halogens is 2. The van der Waals surface area contributed by atoms with Crippen LogP contribution >= 0.6 is 23.1 Å². The summed E-state index contributed by atoms with van der Waals surface area (Å²) in [5.74, 6) is -3.81. The van der Waals surface area contributed by atoms with E-state index in [4.69, 9.17) is 0 Å². The quantitative estimate of drug-likeness (QED) is 0.461. The molecule has 1 aliphatic heterocycles. The predicted octanol–water partition coefficient (Wildman–Crippen LogP) is 5.78. The summed E-state index contributed by atoms with van der Waals surface area (Å²) in [5, 5.41) is 23.7. The number of anilines is 1. The Morgan fingerprint density at radius 2 is 1.90 bits per heavy atom. The minimum absolute atomic E-state index is 0.0234. The van der Waals surface area contributed by atoms with Gasteiger partial charge in [-0.2, -0.15) is 0 Å². The Morgan fingerprint density at radius 3 is 2.65 bits per heavy atom. The van der Waals surface area contributed by atoms with Crippen LogP contribution in [-0.2, 0) is 0 Å². The van der Waals surface area contributed by atoms with Gasteiger partial charge in [-0.3, -0.25) is 4.79 Å². The lowest BCUT2D eigenvalue weighted by Gasteiger charge is -2.13. The fraction of sp³-hybridized carbons (Fsp3) is 0.0909. The van der Waals surface area contributed by atoms with Gasteiger partial charge in [0.1, 0.15) is 16.3 Å². The summed E-state index contributed by atoms with van der Waals surface area (Å²) in [5.41, 5.74) is 0.228. The number of hydrogen-bond donors (Lipinski definition) is 3. The van der Waals surface area contributed by atoms with Gasteiger partial charge in [0.25, 0.3) is 5.91 Å². The van der Waals surface area contributed by atoms with Gasteiger partial charge in [-0.05, 0) is 30.2 Å². The first-order chi connectivity index (χ1) is 14.8. The van der Waals surface area contributed by atoms with Crippen molar-refractivity contribution in [2.75, 3.05) is 11.1 Å². The number of nitrogens with one attached hydrogen (secondary N) is 1. The predicted molar refractivity (Wildman–Crippen MR) is 117 cm³/mol. The van der Waals surface area contributed by atoms with Gasteiger partial charge in [-0.25, -0.2) is 13.6 Å². The molecule has 1 aromatic heterocycles. The van der Waals surface area contributed by atoms with E-state index in [1.54, 1.807) is 0 Å². The van der Waals surface area contributed by atoms with Crippen molar-refractivity contribution in [1.82, 2.24) is 0 Å². The summed E-state index contributed by atoms with van der Waals surface area (Å²) >= 11 is 2.39. The number of fused-ring (bicyclic) bond motifs is 1. The van der Waals surface area contributed by atoms with Crippen LogP contribution in [0.1, 0.15) is 31.8 Å². The molecule has 0 unspecified atom stereocenters. The first-order valence-corrected chi connectivity index (χ1v) is 10.9. The highest BCUT2D eigenvalue weighted by atomic mass is 32.2. The molecule has 0 atom stereocenters. The number of phenolic OH excluding ortho intramolecular Hbond substituents is 1. The molecule has 2 aromatic carbocycles. The Labute approximate surface area is 184 Å². The first-order valence-electron chi connectivity index (χ1n) is 9.05.